The zero-order valence-corrected chi connectivity index (χ0v) is 15.7. The van der Waals surface area contributed by atoms with Crippen LogP contribution in [-0.4, -0.2) is 25.0 Å². The van der Waals surface area contributed by atoms with Gasteiger partial charge in [0.1, 0.15) is 0 Å². The van der Waals surface area contributed by atoms with E-state index < -0.39 is 5.97 Å². The highest BCUT2D eigenvalue weighted by atomic mass is 16.7. The second-order valence-corrected chi connectivity index (χ2v) is 6.12. The number of methoxy groups -OCH3 is 1. The fourth-order valence-electron chi connectivity index (χ4n) is 2.85. The second-order valence-electron chi connectivity index (χ2n) is 6.12. The van der Waals surface area contributed by atoms with Crippen molar-refractivity contribution in [3.63, 3.8) is 0 Å². The maximum atomic E-state index is 9.00. The Morgan fingerprint density at radius 1 is 1.11 bits per heavy atom. The highest BCUT2D eigenvalue weighted by Gasteiger charge is 2.13. The monoisotopic (exact) mass is 376 g/mol. The van der Waals surface area contributed by atoms with Gasteiger partial charge in [-0.3, -0.25) is 4.79 Å². The molecule has 0 amide bonds. The molecule has 0 unspecified atom stereocenters. The number of fused-ring (bicyclic) bond motifs is 2. The van der Waals surface area contributed by atoms with Crippen molar-refractivity contribution in [1.82, 2.24) is 0 Å². The lowest BCUT2D eigenvalue weighted by Gasteiger charge is -2.14. The minimum absolute atomic E-state index is 0.277. The zero-order valence-electron chi connectivity index (χ0n) is 15.7. The molecule has 5 heteroatoms. The number of aliphatic carboxylic acids is 1. The van der Waals surface area contributed by atoms with Crippen LogP contribution in [0, 0.1) is 11.8 Å². The Morgan fingerprint density at radius 2 is 1.79 bits per heavy atom. The number of carbonyl (C=O) groups is 1. The van der Waals surface area contributed by atoms with Crippen LogP contribution in [-0.2, 0) is 9.53 Å². The van der Waals surface area contributed by atoms with Gasteiger partial charge in [-0.1, -0.05) is 30.1 Å². The average Bonchev–Trinajstić information content (AvgIpc) is 3.14. The molecule has 0 radical (unpaired) electrons. The van der Waals surface area contributed by atoms with Crippen LogP contribution in [0.25, 0.3) is 11.6 Å². The van der Waals surface area contributed by atoms with E-state index in [1.807, 2.05) is 24.3 Å². The van der Waals surface area contributed by atoms with E-state index in [-0.39, 0.29) is 6.79 Å². The lowest BCUT2D eigenvalue weighted by Crippen LogP contribution is -1.95. The number of ether oxygens (including phenoxy) is 3. The third-order valence-electron chi connectivity index (χ3n) is 4.02. The molecular formula is C23H20O5. The number of allylic oxidation sites excluding steroid dienone is 2. The van der Waals surface area contributed by atoms with Gasteiger partial charge in [-0.05, 0) is 53.5 Å². The quantitative estimate of drug-likeness (QED) is 0.593. The molecule has 1 heterocycles. The lowest BCUT2D eigenvalue weighted by atomic mass is 9.91. The van der Waals surface area contributed by atoms with Crippen molar-refractivity contribution < 1.29 is 24.1 Å². The summed E-state index contributed by atoms with van der Waals surface area (Å²) in [7, 11) is 1.67. The van der Waals surface area contributed by atoms with Crippen molar-refractivity contribution >= 4 is 17.6 Å². The van der Waals surface area contributed by atoms with Gasteiger partial charge < -0.3 is 19.3 Å². The van der Waals surface area contributed by atoms with Gasteiger partial charge in [-0.2, -0.15) is 0 Å². The number of hydrogen-bond donors (Lipinski definition) is 1. The van der Waals surface area contributed by atoms with Gasteiger partial charge in [0.05, 0.1) is 13.4 Å². The van der Waals surface area contributed by atoms with Crippen molar-refractivity contribution in [3.8, 4) is 23.3 Å². The fourth-order valence-corrected chi connectivity index (χ4v) is 2.85. The highest BCUT2D eigenvalue weighted by molar-refractivity contribution is 5.79. The first-order valence-corrected chi connectivity index (χ1v) is 8.71. The predicted molar refractivity (Wildman–Crippen MR) is 107 cm³/mol. The Morgan fingerprint density at radius 3 is 2.54 bits per heavy atom. The van der Waals surface area contributed by atoms with Gasteiger partial charge in [-0.25, -0.2) is 0 Å². The Hall–Kier alpha value is -3.65. The topological polar surface area (TPSA) is 65.0 Å². The summed E-state index contributed by atoms with van der Waals surface area (Å²) < 4.78 is 15.9. The van der Waals surface area contributed by atoms with Crippen molar-refractivity contribution in [1.29, 1.82) is 0 Å². The molecule has 1 aliphatic heterocycles. The van der Waals surface area contributed by atoms with E-state index in [2.05, 4.69) is 36.1 Å². The normalized spacial score (nSPS) is 14.3. The SMILES string of the molecule is CC(=O)O.COC=C1CC=Cc2ccc(C#Cc3ccc4c(c3)OCO4)cc21. The molecule has 0 aromatic heterocycles. The number of carboxylic acids is 1. The van der Waals surface area contributed by atoms with Crippen LogP contribution >= 0.6 is 0 Å². The summed E-state index contributed by atoms with van der Waals surface area (Å²) in [5.41, 5.74) is 5.42. The van der Waals surface area contributed by atoms with Gasteiger partial charge in [0, 0.05) is 18.1 Å². The van der Waals surface area contributed by atoms with E-state index in [0.717, 1.165) is 36.0 Å². The molecule has 5 nitrogen and oxygen atoms in total. The van der Waals surface area contributed by atoms with Gasteiger partial charge >= 0.3 is 0 Å². The summed E-state index contributed by atoms with van der Waals surface area (Å²) in [6.07, 6.45) is 6.96. The van der Waals surface area contributed by atoms with E-state index in [1.165, 1.54) is 16.7 Å². The predicted octanol–water partition coefficient (Wildman–Crippen LogP) is 4.31. The van der Waals surface area contributed by atoms with Crippen molar-refractivity contribution in [2.45, 2.75) is 13.3 Å². The average molecular weight is 376 g/mol. The minimum atomic E-state index is -0.833. The molecule has 2 aliphatic rings. The van der Waals surface area contributed by atoms with Crippen LogP contribution in [0.15, 0.2) is 48.7 Å². The second kappa shape index (κ2) is 8.83. The molecule has 1 N–H and O–H groups in total. The minimum Gasteiger partial charge on any atom is -0.504 e. The molecule has 4 rings (SSSR count). The van der Waals surface area contributed by atoms with E-state index in [4.69, 9.17) is 24.1 Å². The van der Waals surface area contributed by atoms with Gasteiger partial charge in [-0.15, -0.1) is 0 Å². The standard InChI is InChI=1S/C21H16O3.C2H4O2/c1-22-13-18-4-2-3-17-9-7-15(11-19(17)18)5-6-16-8-10-20-21(12-16)24-14-23-20;1-2(3)4/h2-3,7-13H,4,14H2,1H3;1H3,(H,3,4). The maximum absolute atomic E-state index is 9.00. The number of carboxylic acid groups (broad SMARTS) is 1. The third kappa shape index (κ3) is 4.74. The molecule has 142 valence electrons. The Kier molecular flexibility index (Phi) is 6.03. The first-order chi connectivity index (χ1) is 13.6. The molecule has 0 saturated heterocycles. The first-order valence-electron chi connectivity index (χ1n) is 8.71. The molecule has 0 spiro atoms. The molecule has 0 saturated carbocycles. The third-order valence-corrected chi connectivity index (χ3v) is 4.02. The van der Waals surface area contributed by atoms with Crippen LogP contribution in [0.2, 0.25) is 0 Å². The molecule has 1 aliphatic carbocycles. The fraction of sp³-hybridized carbons (Fsp3) is 0.174. The van der Waals surface area contributed by atoms with Gasteiger partial charge in [0.25, 0.3) is 5.97 Å². The molecule has 0 atom stereocenters. The number of rotatable bonds is 1. The first kappa shape index (κ1) is 19.1. The lowest BCUT2D eigenvalue weighted by molar-refractivity contribution is -0.134. The summed E-state index contributed by atoms with van der Waals surface area (Å²) in [4.78, 5) is 9.00. The van der Waals surface area contributed by atoms with Crippen LogP contribution < -0.4 is 9.47 Å². The molecule has 0 bridgehead atoms. The molecule has 0 fully saturated rings. The smallest absolute Gasteiger partial charge is 0.300 e. The van der Waals surface area contributed by atoms with Crippen molar-refractivity contribution in [2.24, 2.45) is 0 Å². The van der Waals surface area contributed by atoms with Crippen LogP contribution in [0.3, 0.4) is 0 Å². The molecular weight excluding hydrogens is 356 g/mol. The van der Waals surface area contributed by atoms with E-state index in [9.17, 15) is 0 Å². The maximum Gasteiger partial charge on any atom is 0.300 e. The van der Waals surface area contributed by atoms with Crippen LogP contribution in [0.4, 0.5) is 0 Å². The molecule has 2 aromatic carbocycles. The summed E-state index contributed by atoms with van der Waals surface area (Å²) in [5, 5.41) is 7.42. The van der Waals surface area contributed by atoms with Crippen molar-refractivity contribution in [2.75, 3.05) is 13.9 Å². The highest BCUT2D eigenvalue weighted by Crippen LogP contribution is 2.32. The zero-order chi connectivity index (χ0) is 19.9. The number of benzene rings is 2. The van der Waals surface area contributed by atoms with Crippen LogP contribution in [0.1, 0.15) is 35.6 Å². The van der Waals surface area contributed by atoms with E-state index >= 15 is 0 Å². The summed E-state index contributed by atoms with van der Waals surface area (Å²) in [6, 6.07) is 12.0. The molecule has 28 heavy (non-hydrogen) atoms. The Bertz CT molecular complexity index is 1000. The van der Waals surface area contributed by atoms with E-state index in [0.29, 0.717) is 0 Å². The van der Waals surface area contributed by atoms with Gasteiger partial charge in [0.15, 0.2) is 11.5 Å². The summed E-state index contributed by atoms with van der Waals surface area (Å²) in [5.74, 6) is 7.11. The summed E-state index contributed by atoms with van der Waals surface area (Å²) in [6.45, 7) is 1.36. The van der Waals surface area contributed by atoms with Gasteiger partial charge in [0.2, 0.25) is 6.79 Å². The largest absolute Gasteiger partial charge is 0.504 e. The Balaban J connectivity index is 0.000000516. The number of hydrogen-bond acceptors (Lipinski definition) is 4. The van der Waals surface area contributed by atoms with E-state index in [1.54, 1.807) is 13.4 Å². The summed E-state index contributed by atoms with van der Waals surface area (Å²) >= 11 is 0. The Labute approximate surface area is 163 Å². The van der Waals surface area contributed by atoms with Crippen LogP contribution in [0.5, 0.6) is 11.5 Å². The molecule has 2 aromatic rings. The van der Waals surface area contributed by atoms with Crippen molar-refractivity contribution in [3.05, 3.63) is 71.0 Å².